The average Bonchev–Trinajstić information content (AvgIpc) is 1.84. The summed E-state index contributed by atoms with van der Waals surface area (Å²) in [6.07, 6.45) is 0.394. The van der Waals surface area contributed by atoms with Crippen molar-refractivity contribution in [2.75, 3.05) is 6.54 Å². The van der Waals surface area contributed by atoms with Gasteiger partial charge in [-0.1, -0.05) is 0 Å². The lowest BCUT2D eigenvalue weighted by Gasteiger charge is -2.09. The van der Waals surface area contributed by atoms with E-state index in [4.69, 9.17) is 11.1 Å². The zero-order valence-electron chi connectivity index (χ0n) is 7.48. The molecule has 0 aliphatic carbocycles. The zero-order chi connectivity index (χ0) is 9.56. The normalized spacial score (nSPS) is 9.58. The predicted octanol–water partition coefficient (Wildman–Crippen LogP) is 0.0201. The summed E-state index contributed by atoms with van der Waals surface area (Å²) < 4.78 is 0. The summed E-state index contributed by atoms with van der Waals surface area (Å²) in [6.45, 7) is 4.17. The van der Waals surface area contributed by atoms with E-state index in [1.807, 2.05) is 13.8 Å². The summed E-state index contributed by atoms with van der Waals surface area (Å²) in [5.41, 5.74) is 5.09. The number of hydrogen-bond donors (Lipinski definition) is 4. The molecule has 0 radical (unpaired) electrons. The quantitative estimate of drug-likeness (QED) is 0.355. The summed E-state index contributed by atoms with van der Waals surface area (Å²) in [4.78, 5) is 10.9. The maximum Gasteiger partial charge on any atom is 0.314 e. The highest BCUT2D eigenvalue weighted by atomic mass is 16.2. The van der Waals surface area contributed by atoms with Crippen molar-refractivity contribution in [2.24, 2.45) is 5.73 Å². The van der Waals surface area contributed by atoms with E-state index in [9.17, 15) is 4.79 Å². The standard InChI is InChI=1S/C7H16N4O/c1-5(2)11-7(12)10-4-3-6(8)9/h5H,3-4H2,1-2H3,(H3,8,9)(H2,10,11,12). The second-order valence-corrected chi connectivity index (χ2v) is 2.83. The molecule has 0 aromatic heterocycles. The Kier molecular flexibility index (Phi) is 4.83. The van der Waals surface area contributed by atoms with Crippen LogP contribution in [0.25, 0.3) is 0 Å². The van der Waals surface area contributed by atoms with Crippen LogP contribution in [0.3, 0.4) is 0 Å². The van der Waals surface area contributed by atoms with Gasteiger partial charge in [0, 0.05) is 19.0 Å². The molecule has 0 aromatic rings. The van der Waals surface area contributed by atoms with E-state index in [-0.39, 0.29) is 17.9 Å². The highest BCUT2D eigenvalue weighted by Gasteiger charge is 2.00. The Balaban J connectivity index is 3.38. The average molecular weight is 172 g/mol. The zero-order valence-corrected chi connectivity index (χ0v) is 7.48. The van der Waals surface area contributed by atoms with E-state index < -0.39 is 0 Å². The molecule has 5 N–H and O–H groups in total. The smallest absolute Gasteiger partial charge is 0.314 e. The molecule has 0 heterocycles. The van der Waals surface area contributed by atoms with Crippen molar-refractivity contribution < 1.29 is 4.79 Å². The topological polar surface area (TPSA) is 91.0 Å². The molecule has 0 spiro atoms. The second kappa shape index (κ2) is 5.40. The molecule has 0 atom stereocenters. The summed E-state index contributed by atoms with van der Waals surface area (Å²) in [7, 11) is 0. The number of carbonyl (C=O) groups is 1. The number of hydrogen-bond acceptors (Lipinski definition) is 2. The molecule has 5 nitrogen and oxygen atoms in total. The molecule has 0 saturated heterocycles. The van der Waals surface area contributed by atoms with Gasteiger partial charge in [-0.15, -0.1) is 0 Å². The Morgan fingerprint density at radius 1 is 1.58 bits per heavy atom. The molecule has 0 aliphatic rings. The molecule has 0 rings (SSSR count). The molecule has 0 saturated carbocycles. The molecule has 0 aromatic carbocycles. The van der Waals surface area contributed by atoms with Crippen LogP contribution in [0.2, 0.25) is 0 Å². The molecule has 0 unspecified atom stereocenters. The first-order valence-electron chi connectivity index (χ1n) is 3.89. The first-order chi connectivity index (χ1) is 5.52. The van der Waals surface area contributed by atoms with Crippen molar-refractivity contribution in [1.29, 1.82) is 5.41 Å². The van der Waals surface area contributed by atoms with Gasteiger partial charge in [-0.25, -0.2) is 4.79 Å². The largest absolute Gasteiger partial charge is 0.388 e. The summed E-state index contributed by atoms with van der Waals surface area (Å²) in [5, 5.41) is 12.1. The van der Waals surface area contributed by atoms with E-state index in [2.05, 4.69) is 10.6 Å². The van der Waals surface area contributed by atoms with Crippen LogP contribution in [0.15, 0.2) is 0 Å². The number of rotatable bonds is 4. The third-order valence-corrected chi connectivity index (χ3v) is 1.10. The summed E-state index contributed by atoms with van der Waals surface area (Å²) >= 11 is 0. The predicted molar refractivity (Wildman–Crippen MR) is 48.2 cm³/mol. The van der Waals surface area contributed by atoms with Crippen molar-refractivity contribution in [3.05, 3.63) is 0 Å². The van der Waals surface area contributed by atoms with Crippen molar-refractivity contribution in [2.45, 2.75) is 26.3 Å². The fraction of sp³-hybridized carbons (Fsp3) is 0.714. The van der Waals surface area contributed by atoms with Crippen LogP contribution in [0.4, 0.5) is 4.79 Å². The molecule has 12 heavy (non-hydrogen) atoms. The van der Waals surface area contributed by atoms with Gasteiger partial charge in [-0.2, -0.15) is 0 Å². The van der Waals surface area contributed by atoms with Gasteiger partial charge in [0.15, 0.2) is 0 Å². The summed E-state index contributed by atoms with van der Waals surface area (Å²) in [5.74, 6) is 0.0832. The highest BCUT2D eigenvalue weighted by Crippen LogP contribution is 1.77. The Labute approximate surface area is 72.2 Å². The van der Waals surface area contributed by atoms with Crippen LogP contribution in [0.5, 0.6) is 0 Å². The SMILES string of the molecule is CC(C)NC(=O)NCCC(=N)N. The lowest BCUT2D eigenvalue weighted by atomic mass is 10.4. The molecule has 2 amide bonds. The van der Waals surface area contributed by atoms with E-state index >= 15 is 0 Å². The second-order valence-electron chi connectivity index (χ2n) is 2.83. The number of urea groups is 1. The van der Waals surface area contributed by atoms with Crippen LogP contribution in [-0.2, 0) is 0 Å². The first kappa shape index (κ1) is 10.7. The van der Waals surface area contributed by atoms with Crippen LogP contribution < -0.4 is 16.4 Å². The van der Waals surface area contributed by atoms with Crippen molar-refractivity contribution >= 4 is 11.9 Å². The molecule has 5 heteroatoms. The number of amidine groups is 1. The fourth-order valence-corrected chi connectivity index (χ4v) is 0.624. The number of nitrogens with two attached hydrogens (primary N) is 1. The van der Waals surface area contributed by atoms with Crippen molar-refractivity contribution in [3.63, 3.8) is 0 Å². The van der Waals surface area contributed by atoms with Crippen LogP contribution in [0.1, 0.15) is 20.3 Å². The molecule has 0 bridgehead atoms. The lowest BCUT2D eigenvalue weighted by molar-refractivity contribution is 0.239. The van der Waals surface area contributed by atoms with Crippen molar-refractivity contribution in [3.8, 4) is 0 Å². The van der Waals surface area contributed by atoms with E-state index in [1.54, 1.807) is 0 Å². The van der Waals surface area contributed by atoms with Gasteiger partial charge in [0.25, 0.3) is 0 Å². The van der Waals surface area contributed by atoms with E-state index in [1.165, 1.54) is 0 Å². The maximum atomic E-state index is 10.9. The van der Waals surface area contributed by atoms with Crippen LogP contribution in [0, 0.1) is 5.41 Å². The molecule has 70 valence electrons. The number of carbonyl (C=O) groups excluding carboxylic acids is 1. The summed E-state index contributed by atoms with van der Waals surface area (Å²) in [6, 6.07) is -0.0893. The third-order valence-electron chi connectivity index (χ3n) is 1.10. The van der Waals surface area contributed by atoms with Gasteiger partial charge < -0.3 is 16.4 Å². The minimum Gasteiger partial charge on any atom is -0.388 e. The molecular formula is C7H16N4O. The van der Waals surface area contributed by atoms with Gasteiger partial charge in [0.2, 0.25) is 0 Å². The third kappa shape index (κ3) is 6.85. The molecule has 0 aliphatic heterocycles. The monoisotopic (exact) mass is 172 g/mol. The van der Waals surface area contributed by atoms with Gasteiger partial charge in [-0.05, 0) is 13.8 Å². The Morgan fingerprint density at radius 2 is 2.17 bits per heavy atom. The van der Waals surface area contributed by atoms with Crippen LogP contribution in [-0.4, -0.2) is 24.5 Å². The first-order valence-corrected chi connectivity index (χ1v) is 3.89. The van der Waals surface area contributed by atoms with E-state index in [0.29, 0.717) is 13.0 Å². The lowest BCUT2D eigenvalue weighted by Crippen LogP contribution is -2.40. The van der Waals surface area contributed by atoms with Gasteiger partial charge in [0.05, 0.1) is 5.84 Å². The van der Waals surface area contributed by atoms with Crippen LogP contribution >= 0.6 is 0 Å². The van der Waals surface area contributed by atoms with Gasteiger partial charge in [0.1, 0.15) is 0 Å². The van der Waals surface area contributed by atoms with Gasteiger partial charge >= 0.3 is 6.03 Å². The molecular weight excluding hydrogens is 156 g/mol. The van der Waals surface area contributed by atoms with Crippen molar-refractivity contribution in [1.82, 2.24) is 10.6 Å². The Hall–Kier alpha value is -1.26. The number of amides is 2. The minimum absolute atomic E-state index is 0.0832. The maximum absolute atomic E-state index is 10.9. The highest BCUT2D eigenvalue weighted by molar-refractivity contribution is 5.78. The Morgan fingerprint density at radius 3 is 2.58 bits per heavy atom. The fourth-order valence-electron chi connectivity index (χ4n) is 0.624. The minimum atomic E-state index is -0.216. The Bertz CT molecular complexity index is 167. The molecule has 0 fully saturated rings. The van der Waals surface area contributed by atoms with E-state index in [0.717, 1.165) is 0 Å². The van der Waals surface area contributed by atoms with Gasteiger partial charge in [-0.3, -0.25) is 5.41 Å². The number of nitrogens with one attached hydrogen (secondary N) is 3.